The van der Waals surface area contributed by atoms with Gasteiger partial charge in [0.1, 0.15) is 11.5 Å². The standard InChI is InChI=1S/C18H18N2O2/c1-22-11-6-7-15-14(10-11)12-8-9-19-17(18(12)20-15)13-4-2-3-5-16(13)21/h2-7,10,17,19-21H,8-9H2,1H3/p+1/t17-/m1/s1. The number of H-pyrrole nitrogens is 1. The van der Waals surface area contributed by atoms with Gasteiger partial charge in [0.15, 0.2) is 6.04 Å². The second-order valence-electron chi connectivity index (χ2n) is 5.74. The van der Waals surface area contributed by atoms with Gasteiger partial charge in [0.2, 0.25) is 0 Å². The molecule has 0 saturated carbocycles. The van der Waals surface area contributed by atoms with Crippen molar-refractivity contribution < 1.29 is 15.2 Å². The minimum absolute atomic E-state index is 0.114. The summed E-state index contributed by atoms with van der Waals surface area (Å²) in [5.41, 5.74) is 4.61. The first-order valence-corrected chi connectivity index (χ1v) is 7.57. The van der Waals surface area contributed by atoms with E-state index >= 15 is 0 Å². The average molecular weight is 295 g/mol. The van der Waals surface area contributed by atoms with E-state index in [0.29, 0.717) is 5.75 Å². The molecule has 4 nitrogen and oxygen atoms in total. The molecule has 0 saturated heterocycles. The summed E-state index contributed by atoms with van der Waals surface area (Å²) >= 11 is 0. The van der Waals surface area contributed by atoms with Crippen molar-refractivity contribution in [3.8, 4) is 11.5 Å². The summed E-state index contributed by atoms with van der Waals surface area (Å²) in [6.45, 7) is 1.01. The highest BCUT2D eigenvalue weighted by Crippen LogP contribution is 2.34. The number of quaternary nitrogens is 1. The molecule has 0 amide bonds. The Balaban J connectivity index is 1.90. The number of nitrogens with two attached hydrogens (primary N) is 1. The third kappa shape index (κ3) is 1.96. The van der Waals surface area contributed by atoms with Gasteiger partial charge in [0.05, 0.1) is 24.9 Å². The third-order valence-electron chi connectivity index (χ3n) is 4.53. The molecule has 1 aromatic heterocycles. The number of benzene rings is 2. The maximum Gasteiger partial charge on any atom is 0.156 e. The number of ether oxygens (including phenoxy) is 1. The van der Waals surface area contributed by atoms with Crippen LogP contribution in [-0.4, -0.2) is 23.7 Å². The van der Waals surface area contributed by atoms with E-state index in [2.05, 4.69) is 22.4 Å². The maximum atomic E-state index is 10.2. The molecule has 22 heavy (non-hydrogen) atoms. The highest BCUT2D eigenvalue weighted by Gasteiger charge is 2.30. The van der Waals surface area contributed by atoms with Crippen LogP contribution in [0.2, 0.25) is 0 Å². The number of aromatic amines is 1. The molecule has 0 radical (unpaired) electrons. The van der Waals surface area contributed by atoms with E-state index in [4.69, 9.17) is 4.74 Å². The van der Waals surface area contributed by atoms with Crippen molar-refractivity contribution in [2.75, 3.05) is 13.7 Å². The Kier molecular flexibility index (Phi) is 3.05. The molecule has 2 heterocycles. The summed E-state index contributed by atoms with van der Waals surface area (Å²) in [5, 5.41) is 13.7. The molecule has 0 bridgehead atoms. The molecule has 2 aromatic carbocycles. The minimum Gasteiger partial charge on any atom is -0.507 e. The molecular weight excluding hydrogens is 276 g/mol. The summed E-state index contributed by atoms with van der Waals surface area (Å²) in [6, 6.07) is 13.8. The Bertz CT molecular complexity index is 838. The number of hydrogen-bond acceptors (Lipinski definition) is 2. The average Bonchev–Trinajstić information content (AvgIpc) is 2.93. The Labute approximate surface area is 128 Å². The SMILES string of the molecule is COc1ccc2[nH]c3c(c2c1)CC[NH2+][C@@H]3c1ccccc1O. The highest BCUT2D eigenvalue weighted by atomic mass is 16.5. The molecule has 1 aliphatic rings. The highest BCUT2D eigenvalue weighted by molar-refractivity contribution is 5.86. The number of methoxy groups -OCH3 is 1. The molecule has 1 atom stereocenters. The van der Waals surface area contributed by atoms with Crippen LogP contribution >= 0.6 is 0 Å². The van der Waals surface area contributed by atoms with Crippen molar-refractivity contribution in [1.29, 1.82) is 0 Å². The lowest BCUT2D eigenvalue weighted by Gasteiger charge is -2.22. The largest absolute Gasteiger partial charge is 0.507 e. The molecule has 112 valence electrons. The Morgan fingerprint density at radius 1 is 1.23 bits per heavy atom. The molecule has 0 fully saturated rings. The summed E-state index contributed by atoms with van der Waals surface area (Å²) in [7, 11) is 1.69. The Morgan fingerprint density at radius 2 is 2.09 bits per heavy atom. The van der Waals surface area contributed by atoms with Gasteiger partial charge in [-0.15, -0.1) is 0 Å². The van der Waals surface area contributed by atoms with Crippen LogP contribution in [-0.2, 0) is 6.42 Å². The van der Waals surface area contributed by atoms with E-state index < -0.39 is 0 Å². The van der Waals surface area contributed by atoms with Crippen LogP contribution in [0, 0.1) is 0 Å². The molecular formula is C18H19N2O2+. The van der Waals surface area contributed by atoms with Gasteiger partial charge in [-0.1, -0.05) is 12.1 Å². The molecule has 3 aromatic rings. The Morgan fingerprint density at radius 3 is 2.91 bits per heavy atom. The number of para-hydroxylation sites is 1. The molecule has 1 aliphatic heterocycles. The van der Waals surface area contributed by atoms with E-state index in [0.717, 1.165) is 29.8 Å². The number of hydrogen-bond donors (Lipinski definition) is 3. The van der Waals surface area contributed by atoms with Crippen LogP contribution in [0.15, 0.2) is 42.5 Å². The van der Waals surface area contributed by atoms with Crippen LogP contribution < -0.4 is 10.1 Å². The van der Waals surface area contributed by atoms with Crippen molar-refractivity contribution >= 4 is 10.9 Å². The smallest absolute Gasteiger partial charge is 0.156 e. The van der Waals surface area contributed by atoms with Gasteiger partial charge < -0.3 is 20.1 Å². The lowest BCUT2D eigenvalue weighted by atomic mass is 9.94. The normalized spacial score (nSPS) is 17.4. The van der Waals surface area contributed by atoms with Gasteiger partial charge in [-0.05, 0) is 35.9 Å². The fourth-order valence-electron chi connectivity index (χ4n) is 3.45. The van der Waals surface area contributed by atoms with Gasteiger partial charge in [-0.2, -0.15) is 0 Å². The maximum absolute atomic E-state index is 10.2. The van der Waals surface area contributed by atoms with Crippen LogP contribution in [0.1, 0.15) is 22.9 Å². The minimum atomic E-state index is 0.114. The fraction of sp³-hybridized carbons (Fsp3) is 0.222. The van der Waals surface area contributed by atoms with Crippen molar-refractivity contribution in [2.45, 2.75) is 12.5 Å². The molecule has 4 rings (SSSR count). The summed E-state index contributed by atoms with van der Waals surface area (Å²) in [4.78, 5) is 3.55. The third-order valence-corrected chi connectivity index (χ3v) is 4.53. The first kappa shape index (κ1) is 13.2. The van der Waals surface area contributed by atoms with Gasteiger partial charge in [-0.25, -0.2) is 0 Å². The van der Waals surface area contributed by atoms with Gasteiger partial charge in [0, 0.05) is 17.3 Å². The zero-order chi connectivity index (χ0) is 15.1. The number of phenols is 1. The molecule has 4 N–H and O–H groups in total. The first-order chi connectivity index (χ1) is 10.8. The summed E-state index contributed by atoms with van der Waals surface area (Å²) < 4.78 is 5.35. The van der Waals surface area contributed by atoms with E-state index in [1.54, 1.807) is 13.2 Å². The quantitative estimate of drug-likeness (QED) is 0.678. The van der Waals surface area contributed by atoms with E-state index in [-0.39, 0.29) is 6.04 Å². The monoisotopic (exact) mass is 295 g/mol. The molecule has 4 heteroatoms. The lowest BCUT2D eigenvalue weighted by Crippen LogP contribution is -2.87. The molecule has 0 unspecified atom stereocenters. The van der Waals surface area contributed by atoms with Crippen molar-refractivity contribution in [2.24, 2.45) is 0 Å². The number of nitrogens with one attached hydrogen (secondary N) is 1. The van der Waals surface area contributed by atoms with Crippen LogP contribution in [0.5, 0.6) is 11.5 Å². The topological polar surface area (TPSA) is 61.9 Å². The van der Waals surface area contributed by atoms with Crippen molar-refractivity contribution in [1.82, 2.24) is 4.98 Å². The summed E-state index contributed by atoms with van der Waals surface area (Å²) in [6.07, 6.45) is 1.02. The number of rotatable bonds is 2. The fourth-order valence-corrected chi connectivity index (χ4v) is 3.45. The first-order valence-electron chi connectivity index (χ1n) is 7.57. The predicted molar refractivity (Wildman–Crippen MR) is 85.3 cm³/mol. The second kappa shape index (κ2) is 5.07. The Hall–Kier alpha value is -2.46. The van der Waals surface area contributed by atoms with Crippen LogP contribution in [0.4, 0.5) is 0 Å². The van der Waals surface area contributed by atoms with Crippen LogP contribution in [0.3, 0.4) is 0 Å². The van der Waals surface area contributed by atoms with E-state index in [1.165, 1.54) is 16.6 Å². The van der Waals surface area contributed by atoms with E-state index in [1.807, 2.05) is 24.3 Å². The number of phenolic OH excluding ortho intramolecular Hbond substituents is 1. The van der Waals surface area contributed by atoms with Crippen LogP contribution in [0.25, 0.3) is 10.9 Å². The number of aromatic nitrogens is 1. The molecule has 0 aliphatic carbocycles. The van der Waals surface area contributed by atoms with Gasteiger partial charge >= 0.3 is 0 Å². The van der Waals surface area contributed by atoms with Gasteiger partial charge in [-0.3, -0.25) is 0 Å². The zero-order valence-corrected chi connectivity index (χ0v) is 12.5. The zero-order valence-electron chi connectivity index (χ0n) is 12.5. The summed E-state index contributed by atoms with van der Waals surface area (Å²) in [5.74, 6) is 1.23. The molecule has 0 spiro atoms. The van der Waals surface area contributed by atoms with Gasteiger partial charge in [0.25, 0.3) is 0 Å². The predicted octanol–water partition coefficient (Wildman–Crippen LogP) is 2.09. The number of fused-ring (bicyclic) bond motifs is 3. The van der Waals surface area contributed by atoms with Crippen molar-refractivity contribution in [3.05, 3.63) is 59.3 Å². The number of aromatic hydroxyl groups is 1. The van der Waals surface area contributed by atoms with Crippen molar-refractivity contribution in [3.63, 3.8) is 0 Å². The van der Waals surface area contributed by atoms with E-state index in [9.17, 15) is 5.11 Å². The second-order valence-corrected chi connectivity index (χ2v) is 5.74. The lowest BCUT2D eigenvalue weighted by molar-refractivity contribution is -0.690.